The Balaban J connectivity index is 1.50. The van der Waals surface area contributed by atoms with Crippen LogP contribution in [0.15, 0.2) is 55.1 Å². The van der Waals surface area contributed by atoms with E-state index in [1.54, 1.807) is 24.8 Å². The number of carbonyl (C=O) groups excluding carboxylic acids is 1. The second kappa shape index (κ2) is 8.55. The van der Waals surface area contributed by atoms with E-state index in [0.29, 0.717) is 17.9 Å². The molecule has 0 bridgehead atoms. The molecular formula is C24H25N5O2. The van der Waals surface area contributed by atoms with Crippen LogP contribution in [0.1, 0.15) is 46.9 Å². The molecule has 0 aliphatic rings. The molecule has 0 fully saturated rings. The number of benzene rings is 1. The first-order valence-electron chi connectivity index (χ1n) is 10.2. The Morgan fingerprint density at radius 3 is 2.58 bits per heavy atom. The molecule has 31 heavy (non-hydrogen) atoms. The van der Waals surface area contributed by atoms with E-state index in [2.05, 4.69) is 34.2 Å². The van der Waals surface area contributed by atoms with Crippen LogP contribution in [-0.4, -0.2) is 25.7 Å². The van der Waals surface area contributed by atoms with Crippen molar-refractivity contribution in [3.63, 3.8) is 0 Å². The van der Waals surface area contributed by atoms with Crippen LogP contribution in [0.3, 0.4) is 0 Å². The molecule has 1 N–H and O–H groups in total. The van der Waals surface area contributed by atoms with Gasteiger partial charge >= 0.3 is 0 Å². The van der Waals surface area contributed by atoms with Gasteiger partial charge in [-0.15, -0.1) is 0 Å². The molecule has 0 unspecified atom stereocenters. The van der Waals surface area contributed by atoms with E-state index < -0.39 is 0 Å². The Morgan fingerprint density at radius 1 is 1.13 bits per heavy atom. The van der Waals surface area contributed by atoms with Gasteiger partial charge in [0.2, 0.25) is 0 Å². The molecule has 4 rings (SSSR count). The number of aryl methyl sites for hydroxylation is 2. The second-order valence-electron chi connectivity index (χ2n) is 7.86. The average Bonchev–Trinajstić information content (AvgIpc) is 3.17. The summed E-state index contributed by atoms with van der Waals surface area (Å²) in [7, 11) is 0. The minimum atomic E-state index is -0.192. The maximum Gasteiger partial charge on any atom is 0.255 e. The normalized spacial score (nSPS) is 11.1. The Morgan fingerprint density at radius 2 is 1.90 bits per heavy atom. The highest BCUT2D eigenvalue weighted by molar-refractivity contribution is 6.05. The molecule has 1 aromatic carbocycles. The lowest BCUT2D eigenvalue weighted by molar-refractivity contribution is 0.102. The molecule has 1 amide bonds. The van der Waals surface area contributed by atoms with Gasteiger partial charge in [-0.2, -0.15) is 5.10 Å². The predicted molar refractivity (Wildman–Crippen MR) is 120 cm³/mol. The van der Waals surface area contributed by atoms with Crippen LogP contribution >= 0.6 is 0 Å². The smallest absolute Gasteiger partial charge is 0.255 e. The van der Waals surface area contributed by atoms with E-state index in [-0.39, 0.29) is 11.9 Å². The van der Waals surface area contributed by atoms with Crippen molar-refractivity contribution in [3.05, 3.63) is 77.4 Å². The Labute approximate surface area is 181 Å². The number of aromatic nitrogens is 4. The Kier molecular flexibility index (Phi) is 5.66. The van der Waals surface area contributed by atoms with Gasteiger partial charge < -0.3 is 10.1 Å². The predicted octanol–water partition coefficient (Wildman–Crippen LogP) is 4.86. The first-order chi connectivity index (χ1) is 14.9. The van der Waals surface area contributed by atoms with E-state index in [0.717, 1.165) is 33.5 Å². The molecule has 3 aromatic heterocycles. The third-order valence-electron chi connectivity index (χ3n) is 5.01. The summed E-state index contributed by atoms with van der Waals surface area (Å²) in [5.74, 6) is 0.590. The summed E-state index contributed by atoms with van der Waals surface area (Å²) in [6.07, 6.45) is 6.94. The lowest BCUT2D eigenvalue weighted by Crippen LogP contribution is -2.13. The fourth-order valence-corrected chi connectivity index (χ4v) is 3.54. The van der Waals surface area contributed by atoms with Crippen LogP contribution in [0.2, 0.25) is 0 Å². The summed E-state index contributed by atoms with van der Waals surface area (Å²) in [4.78, 5) is 21.4. The zero-order valence-corrected chi connectivity index (χ0v) is 18.1. The van der Waals surface area contributed by atoms with Crippen LogP contribution in [0.25, 0.3) is 11.0 Å². The number of ether oxygens (including phenoxy) is 1. The van der Waals surface area contributed by atoms with E-state index >= 15 is 0 Å². The van der Waals surface area contributed by atoms with Crippen molar-refractivity contribution < 1.29 is 9.53 Å². The molecule has 0 saturated heterocycles. The summed E-state index contributed by atoms with van der Waals surface area (Å²) < 4.78 is 7.84. The molecule has 0 saturated carbocycles. The molecule has 0 atom stereocenters. The fraction of sp³-hybridized carbons (Fsp3) is 0.250. The van der Waals surface area contributed by atoms with Crippen LogP contribution in [0, 0.1) is 13.8 Å². The van der Waals surface area contributed by atoms with Crippen molar-refractivity contribution in [2.24, 2.45) is 0 Å². The summed E-state index contributed by atoms with van der Waals surface area (Å²) in [5.41, 5.74) is 4.80. The molecule has 3 heterocycles. The minimum Gasteiger partial charge on any atom is -0.488 e. The monoisotopic (exact) mass is 415 g/mol. The largest absolute Gasteiger partial charge is 0.488 e. The van der Waals surface area contributed by atoms with Gasteiger partial charge in [-0.1, -0.05) is 6.07 Å². The second-order valence-corrected chi connectivity index (χ2v) is 7.86. The number of anilines is 1. The lowest BCUT2D eigenvalue weighted by Gasteiger charge is -2.14. The van der Waals surface area contributed by atoms with Gasteiger partial charge in [0, 0.05) is 34.9 Å². The number of fused-ring (bicyclic) bond motifs is 1. The molecule has 158 valence electrons. The molecule has 0 aliphatic heterocycles. The quantitative estimate of drug-likeness (QED) is 0.487. The topological polar surface area (TPSA) is 81.9 Å². The zero-order chi connectivity index (χ0) is 22.0. The summed E-state index contributed by atoms with van der Waals surface area (Å²) in [5, 5.41) is 8.19. The zero-order valence-electron chi connectivity index (χ0n) is 18.1. The molecule has 7 nitrogen and oxygen atoms in total. The maximum atomic E-state index is 12.8. The lowest BCUT2D eigenvalue weighted by atomic mass is 10.0. The fourth-order valence-electron chi connectivity index (χ4n) is 3.54. The first-order valence-corrected chi connectivity index (χ1v) is 10.2. The molecule has 0 spiro atoms. The Hall–Kier alpha value is -3.74. The van der Waals surface area contributed by atoms with Gasteiger partial charge in [-0.3, -0.25) is 9.78 Å². The van der Waals surface area contributed by atoms with Gasteiger partial charge in [-0.25, -0.2) is 9.67 Å². The average molecular weight is 415 g/mol. The number of hydrogen-bond acceptors (Lipinski definition) is 5. The molecule has 0 aliphatic carbocycles. The highest BCUT2D eigenvalue weighted by Crippen LogP contribution is 2.26. The minimum absolute atomic E-state index is 0.192. The Bertz CT molecular complexity index is 1210. The van der Waals surface area contributed by atoms with E-state index in [1.165, 1.54) is 0 Å². The maximum absolute atomic E-state index is 12.8. The van der Waals surface area contributed by atoms with Crippen LogP contribution < -0.4 is 10.1 Å². The van der Waals surface area contributed by atoms with Gasteiger partial charge in [-0.05, 0) is 63.1 Å². The number of nitrogens with zero attached hydrogens (tertiary/aromatic N) is 4. The molecular weight excluding hydrogens is 390 g/mol. The van der Waals surface area contributed by atoms with Crippen molar-refractivity contribution in [2.45, 2.75) is 40.3 Å². The number of nitrogens with one attached hydrogen (secondary N) is 1. The summed E-state index contributed by atoms with van der Waals surface area (Å²) in [6.45, 7) is 8.42. The van der Waals surface area contributed by atoms with Gasteiger partial charge in [0.05, 0.1) is 18.1 Å². The number of amides is 1. The standard InChI is InChI=1S/C24H25N5O2/c1-15(2)29-23-20(12-27-29)10-21(13-26-23)28-24(30)19-8-16(3)22(17(4)9-19)31-14-18-6-5-7-25-11-18/h5-13,15H,14H2,1-4H3,(H,28,30). The van der Waals surface area contributed by atoms with Crippen molar-refractivity contribution in [1.29, 1.82) is 0 Å². The van der Waals surface area contributed by atoms with E-state index in [1.807, 2.05) is 48.9 Å². The SMILES string of the molecule is Cc1cc(C(=O)Nc2cnc3c(cnn3C(C)C)c2)cc(C)c1OCc1cccnc1. The third-order valence-corrected chi connectivity index (χ3v) is 5.01. The third kappa shape index (κ3) is 4.40. The summed E-state index contributed by atoms with van der Waals surface area (Å²) in [6, 6.07) is 9.63. The number of pyridine rings is 2. The summed E-state index contributed by atoms with van der Waals surface area (Å²) >= 11 is 0. The van der Waals surface area contributed by atoms with E-state index in [9.17, 15) is 4.79 Å². The number of carbonyl (C=O) groups is 1. The van der Waals surface area contributed by atoms with Crippen LogP contribution in [-0.2, 0) is 6.61 Å². The van der Waals surface area contributed by atoms with Crippen LogP contribution in [0.4, 0.5) is 5.69 Å². The first kappa shape index (κ1) is 20.5. The van der Waals surface area contributed by atoms with Crippen LogP contribution in [0.5, 0.6) is 5.75 Å². The van der Waals surface area contributed by atoms with Gasteiger partial charge in [0.1, 0.15) is 12.4 Å². The van der Waals surface area contributed by atoms with Crippen molar-refractivity contribution in [3.8, 4) is 5.75 Å². The molecule has 0 radical (unpaired) electrons. The highest BCUT2D eigenvalue weighted by Gasteiger charge is 2.14. The van der Waals surface area contributed by atoms with Crippen molar-refractivity contribution in [2.75, 3.05) is 5.32 Å². The molecule has 4 aromatic rings. The van der Waals surface area contributed by atoms with Crippen molar-refractivity contribution in [1.82, 2.24) is 19.7 Å². The number of rotatable bonds is 6. The van der Waals surface area contributed by atoms with Gasteiger partial charge in [0.25, 0.3) is 5.91 Å². The molecule has 7 heteroatoms. The van der Waals surface area contributed by atoms with E-state index in [4.69, 9.17) is 4.74 Å². The van der Waals surface area contributed by atoms with Gasteiger partial charge in [0.15, 0.2) is 5.65 Å². The van der Waals surface area contributed by atoms with Crippen molar-refractivity contribution >= 4 is 22.6 Å². The number of hydrogen-bond donors (Lipinski definition) is 1. The highest BCUT2D eigenvalue weighted by atomic mass is 16.5.